The van der Waals surface area contributed by atoms with E-state index in [1.165, 1.54) is 11.7 Å². The van der Waals surface area contributed by atoms with E-state index < -0.39 is 5.97 Å². The zero-order chi connectivity index (χ0) is 10.7. The lowest BCUT2D eigenvalue weighted by molar-refractivity contribution is -0.141. The van der Waals surface area contributed by atoms with Crippen molar-refractivity contribution in [3.63, 3.8) is 0 Å². The second-order valence-electron chi connectivity index (χ2n) is 2.85. The third-order valence-electron chi connectivity index (χ3n) is 1.76. The summed E-state index contributed by atoms with van der Waals surface area (Å²) in [6.45, 7) is 1.69. The average Bonchev–Trinajstić information content (AvgIpc) is 2.13. The van der Waals surface area contributed by atoms with Gasteiger partial charge in [0.2, 0.25) is 0 Å². The predicted octanol–water partition coefficient (Wildman–Crippen LogP) is 0.934. The number of methoxy groups -OCH3 is 1. The molecule has 0 radical (unpaired) electrons. The van der Waals surface area contributed by atoms with E-state index in [1.54, 1.807) is 19.2 Å². The SMILES string of the molecule is COC(=O)Cn1cc(I)cc(C)c1=O. The van der Waals surface area contributed by atoms with E-state index in [0.717, 1.165) is 3.57 Å². The standard InChI is InChI=1S/C9H10INO3/c1-6-3-7(10)4-11(9(6)13)5-8(12)14-2/h3-4H,5H2,1-2H3. The van der Waals surface area contributed by atoms with Crippen LogP contribution in [-0.2, 0) is 16.1 Å². The van der Waals surface area contributed by atoms with Gasteiger partial charge in [-0.3, -0.25) is 9.59 Å². The molecular weight excluding hydrogens is 297 g/mol. The van der Waals surface area contributed by atoms with Crippen LogP contribution in [-0.4, -0.2) is 17.6 Å². The summed E-state index contributed by atoms with van der Waals surface area (Å²) in [7, 11) is 1.30. The van der Waals surface area contributed by atoms with Crippen LogP contribution in [0.15, 0.2) is 17.1 Å². The van der Waals surface area contributed by atoms with Gasteiger partial charge in [0.25, 0.3) is 5.56 Å². The smallest absolute Gasteiger partial charge is 0.325 e. The quantitative estimate of drug-likeness (QED) is 0.603. The van der Waals surface area contributed by atoms with E-state index in [-0.39, 0.29) is 12.1 Å². The van der Waals surface area contributed by atoms with Gasteiger partial charge >= 0.3 is 5.97 Å². The zero-order valence-electron chi connectivity index (χ0n) is 7.91. The monoisotopic (exact) mass is 307 g/mol. The van der Waals surface area contributed by atoms with Crippen molar-refractivity contribution in [1.29, 1.82) is 0 Å². The predicted molar refractivity (Wildman–Crippen MR) is 60.2 cm³/mol. The third kappa shape index (κ3) is 2.57. The summed E-state index contributed by atoms with van der Waals surface area (Å²) in [5, 5.41) is 0. The Morgan fingerprint density at radius 2 is 2.29 bits per heavy atom. The van der Waals surface area contributed by atoms with Gasteiger partial charge in [0.1, 0.15) is 6.54 Å². The number of aromatic nitrogens is 1. The Balaban J connectivity index is 3.09. The molecule has 1 aromatic heterocycles. The lowest BCUT2D eigenvalue weighted by Gasteiger charge is -2.05. The summed E-state index contributed by atoms with van der Waals surface area (Å²) < 4.78 is 6.76. The topological polar surface area (TPSA) is 48.3 Å². The first kappa shape index (κ1) is 11.2. The number of rotatable bonds is 2. The average molecular weight is 307 g/mol. The molecule has 1 rings (SSSR count). The zero-order valence-corrected chi connectivity index (χ0v) is 10.1. The molecule has 0 saturated carbocycles. The maximum absolute atomic E-state index is 11.5. The Labute approximate surface area is 95.0 Å². The number of esters is 1. The van der Waals surface area contributed by atoms with Crippen LogP contribution < -0.4 is 5.56 Å². The van der Waals surface area contributed by atoms with Crippen molar-refractivity contribution in [2.45, 2.75) is 13.5 Å². The van der Waals surface area contributed by atoms with Gasteiger partial charge in [-0.05, 0) is 35.6 Å². The Morgan fingerprint density at radius 3 is 2.86 bits per heavy atom. The van der Waals surface area contributed by atoms with Crippen molar-refractivity contribution < 1.29 is 9.53 Å². The number of halogens is 1. The highest BCUT2D eigenvalue weighted by atomic mass is 127. The van der Waals surface area contributed by atoms with E-state index in [0.29, 0.717) is 5.56 Å². The van der Waals surface area contributed by atoms with Gasteiger partial charge in [0.05, 0.1) is 7.11 Å². The minimum atomic E-state index is -0.423. The van der Waals surface area contributed by atoms with Crippen LogP contribution in [0.2, 0.25) is 0 Å². The molecule has 0 spiro atoms. The maximum Gasteiger partial charge on any atom is 0.325 e. The van der Waals surface area contributed by atoms with Gasteiger partial charge in [-0.2, -0.15) is 0 Å². The highest BCUT2D eigenvalue weighted by molar-refractivity contribution is 14.1. The first-order chi connectivity index (χ1) is 6.54. The maximum atomic E-state index is 11.5. The van der Waals surface area contributed by atoms with E-state index in [2.05, 4.69) is 27.3 Å². The minimum Gasteiger partial charge on any atom is -0.468 e. The van der Waals surface area contributed by atoms with Crippen molar-refractivity contribution in [2.24, 2.45) is 0 Å². The Bertz CT molecular complexity index is 411. The lowest BCUT2D eigenvalue weighted by Crippen LogP contribution is -2.26. The van der Waals surface area contributed by atoms with Crippen molar-refractivity contribution in [1.82, 2.24) is 4.57 Å². The molecule has 0 N–H and O–H groups in total. The fraction of sp³-hybridized carbons (Fsp3) is 0.333. The number of pyridine rings is 1. The molecule has 0 unspecified atom stereocenters. The van der Waals surface area contributed by atoms with Crippen LogP contribution in [0, 0.1) is 10.5 Å². The van der Waals surface area contributed by atoms with E-state index in [1.807, 2.05) is 0 Å². The van der Waals surface area contributed by atoms with Gasteiger partial charge in [-0.25, -0.2) is 0 Å². The molecule has 0 fully saturated rings. The largest absolute Gasteiger partial charge is 0.468 e. The Hall–Kier alpha value is -0.850. The summed E-state index contributed by atoms with van der Waals surface area (Å²) in [5.74, 6) is -0.423. The van der Waals surface area contributed by atoms with E-state index in [4.69, 9.17) is 0 Å². The summed E-state index contributed by atoms with van der Waals surface area (Å²) >= 11 is 2.09. The molecule has 0 aliphatic rings. The summed E-state index contributed by atoms with van der Waals surface area (Å²) in [6.07, 6.45) is 1.63. The number of carbonyl (C=O) groups excluding carboxylic acids is 1. The molecule has 5 heteroatoms. The fourth-order valence-corrected chi connectivity index (χ4v) is 1.86. The first-order valence-electron chi connectivity index (χ1n) is 3.98. The second kappa shape index (κ2) is 4.59. The number of aryl methyl sites for hydroxylation is 1. The summed E-state index contributed by atoms with van der Waals surface area (Å²) in [4.78, 5) is 22.5. The molecule has 14 heavy (non-hydrogen) atoms. The molecule has 1 heterocycles. The molecule has 0 aliphatic carbocycles. The van der Waals surface area contributed by atoms with Crippen molar-refractivity contribution in [3.05, 3.63) is 31.8 Å². The van der Waals surface area contributed by atoms with Crippen LogP contribution in [0.4, 0.5) is 0 Å². The van der Waals surface area contributed by atoms with Crippen LogP contribution in [0.5, 0.6) is 0 Å². The molecule has 76 valence electrons. The Kier molecular flexibility index (Phi) is 3.68. The minimum absolute atomic E-state index is 0.0347. The summed E-state index contributed by atoms with van der Waals surface area (Å²) in [5.41, 5.74) is 0.469. The molecule has 0 aromatic carbocycles. The first-order valence-corrected chi connectivity index (χ1v) is 5.06. The number of nitrogens with zero attached hydrogens (tertiary/aromatic N) is 1. The van der Waals surface area contributed by atoms with Crippen LogP contribution in [0.1, 0.15) is 5.56 Å². The third-order valence-corrected chi connectivity index (χ3v) is 2.35. The van der Waals surface area contributed by atoms with Crippen molar-refractivity contribution in [3.8, 4) is 0 Å². The lowest BCUT2D eigenvalue weighted by atomic mass is 10.3. The van der Waals surface area contributed by atoms with Crippen molar-refractivity contribution in [2.75, 3.05) is 7.11 Å². The van der Waals surface area contributed by atoms with Crippen LogP contribution >= 0.6 is 22.6 Å². The molecule has 0 aliphatic heterocycles. The van der Waals surface area contributed by atoms with Crippen LogP contribution in [0.25, 0.3) is 0 Å². The highest BCUT2D eigenvalue weighted by Gasteiger charge is 2.06. The molecule has 4 nitrogen and oxygen atoms in total. The van der Waals surface area contributed by atoms with Gasteiger partial charge < -0.3 is 9.30 Å². The fourth-order valence-electron chi connectivity index (χ4n) is 1.06. The molecule has 0 atom stereocenters. The Morgan fingerprint density at radius 1 is 1.64 bits per heavy atom. The number of hydrogen-bond acceptors (Lipinski definition) is 3. The van der Waals surface area contributed by atoms with Gasteiger partial charge in [-0.15, -0.1) is 0 Å². The molecular formula is C9H10INO3. The van der Waals surface area contributed by atoms with Gasteiger partial charge in [0.15, 0.2) is 0 Å². The number of hydrogen-bond donors (Lipinski definition) is 0. The summed E-state index contributed by atoms with van der Waals surface area (Å²) in [6, 6.07) is 1.77. The molecule has 1 aromatic rings. The van der Waals surface area contributed by atoms with E-state index >= 15 is 0 Å². The molecule has 0 amide bonds. The van der Waals surface area contributed by atoms with E-state index in [9.17, 15) is 9.59 Å². The van der Waals surface area contributed by atoms with Crippen LogP contribution in [0.3, 0.4) is 0 Å². The molecule has 0 saturated heterocycles. The highest BCUT2D eigenvalue weighted by Crippen LogP contribution is 2.03. The van der Waals surface area contributed by atoms with Crippen molar-refractivity contribution >= 4 is 28.6 Å². The van der Waals surface area contributed by atoms with Gasteiger partial charge in [0, 0.05) is 15.3 Å². The molecule has 0 bridgehead atoms. The number of carbonyl (C=O) groups is 1. The normalized spacial score (nSPS) is 9.93. The van der Waals surface area contributed by atoms with Gasteiger partial charge in [-0.1, -0.05) is 0 Å². The number of ether oxygens (including phenoxy) is 1. The second-order valence-corrected chi connectivity index (χ2v) is 4.10.